The van der Waals surface area contributed by atoms with Crippen molar-refractivity contribution >= 4 is 23.3 Å². The molecule has 0 saturated carbocycles. The predicted molar refractivity (Wildman–Crippen MR) is 133 cm³/mol. The van der Waals surface area contributed by atoms with E-state index in [9.17, 15) is 9.59 Å². The molecule has 0 bridgehead atoms. The van der Waals surface area contributed by atoms with Gasteiger partial charge in [-0.05, 0) is 51.5 Å². The highest BCUT2D eigenvalue weighted by Crippen LogP contribution is 2.26. The van der Waals surface area contributed by atoms with Crippen LogP contribution < -0.4 is 5.32 Å². The lowest BCUT2D eigenvalue weighted by molar-refractivity contribution is -0.00187. The normalized spacial score (nSPS) is 14.1. The SMILES string of the molecule is Cc1ccc(-c2noc(CC3CN(C(=O)OC(C)(C)C)C3)n2)cc1NC(=O)c1cnc2ccccn12. The molecule has 1 aliphatic rings. The number of pyridine rings is 1. The second kappa shape index (κ2) is 9.10. The number of ether oxygens (including phenoxy) is 1. The number of imidazole rings is 1. The zero-order valence-electron chi connectivity index (χ0n) is 20.7. The van der Waals surface area contributed by atoms with Gasteiger partial charge in [-0.1, -0.05) is 23.4 Å². The number of carbonyl (C=O) groups excluding carboxylic acids is 2. The average Bonchev–Trinajstić information content (AvgIpc) is 3.43. The minimum Gasteiger partial charge on any atom is -0.444 e. The van der Waals surface area contributed by atoms with E-state index < -0.39 is 5.60 Å². The van der Waals surface area contributed by atoms with Crippen LogP contribution in [-0.4, -0.2) is 55.1 Å². The first-order chi connectivity index (χ1) is 17.2. The Bertz CT molecular complexity index is 1430. The van der Waals surface area contributed by atoms with Crippen LogP contribution in [0.1, 0.15) is 42.7 Å². The van der Waals surface area contributed by atoms with Gasteiger partial charge < -0.3 is 19.5 Å². The van der Waals surface area contributed by atoms with Crippen LogP contribution >= 0.6 is 0 Å². The summed E-state index contributed by atoms with van der Waals surface area (Å²) < 4.78 is 12.6. The van der Waals surface area contributed by atoms with E-state index in [0.717, 1.165) is 11.1 Å². The summed E-state index contributed by atoms with van der Waals surface area (Å²) in [5, 5.41) is 7.09. The van der Waals surface area contributed by atoms with Gasteiger partial charge in [0.15, 0.2) is 0 Å². The third kappa shape index (κ3) is 4.93. The molecule has 0 spiro atoms. The number of hydrogen-bond acceptors (Lipinski definition) is 7. The van der Waals surface area contributed by atoms with Crippen molar-refractivity contribution in [2.45, 2.75) is 39.7 Å². The van der Waals surface area contributed by atoms with Crippen molar-refractivity contribution in [3.8, 4) is 11.4 Å². The highest BCUT2D eigenvalue weighted by molar-refractivity contribution is 6.04. The summed E-state index contributed by atoms with van der Waals surface area (Å²) in [5.74, 6) is 0.931. The Kier molecular flexibility index (Phi) is 5.95. The Morgan fingerprint density at radius 1 is 1.19 bits per heavy atom. The van der Waals surface area contributed by atoms with E-state index in [1.807, 2.05) is 64.1 Å². The molecule has 4 heterocycles. The fourth-order valence-corrected chi connectivity index (χ4v) is 4.06. The van der Waals surface area contributed by atoms with Gasteiger partial charge in [0.05, 0.1) is 6.20 Å². The Morgan fingerprint density at radius 3 is 2.78 bits per heavy atom. The van der Waals surface area contributed by atoms with Crippen LogP contribution in [-0.2, 0) is 11.2 Å². The summed E-state index contributed by atoms with van der Waals surface area (Å²) in [5.41, 5.74) is 2.92. The van der Waals surface area contributed by atoms with Crippen LogP contribution in [0.2, 0.25) is 0 Å². The Balaban J connectivity index is 1.24. The van der Waals surface area contributed by atoms with Gasteiger partial charge in [-0.2, -0.15) is 4.98 Å². The quantitative estimate of drug-likeness (QED) is 0.444. The Hall–Kier alpha value is -4.21. The lowest BCUT2D eigenvalue weighted by Crippen LogP contribution is -2.52. The number of aromatic nitrogens is 4. The maximum Gasteiger partial charge on any atom is 0.410 e. The molecule has 1 aromatic carbocycles. The number of nitrogens with one attached hydrogen (secondary N) is 1. The third-order valence-corrected chi connectivity index (χ3v) is 5.93. The molecular formula is C26H28N6O4. The van der Waals surface area contributed by atoms with E-state index in [-0.39, 0.29) is 17.9 Å². The van der Waals surface area contributed by atoms with Gasteiger partial charge in [0.1, 0.15) is 16.9 Å². The molecule has 2 amide bonds. The molecule has 1 saturated heterocycles. The van der Waals surface area contributed by atoms with Crippen LogP contribution in [0.4, 0.5) is 10.5 Å². The molecule has 4 aromatic rings. The van der Waals surface area contributed by atoms with Crippen molar-refractivity contribution in [2.75, 3.05) is 18.4 Å². The first kappa shape index (κ1) is 23.5. The van der Waals surface area contributed by atoms with Crippen molar-refractivity contribution in [2.24, 2.45) is 5.92 Å². The van der Waals surface area contributed by atoms with Crippen molar-refractivity contribution in [1.82, 2.24) is 24.4 Å². The molecule has 1 N–H and O–H groups in total. The van der Waals surface area contributed by atoms with E-state index in [1.165, 1.54) is 0 Å². The molecule has 10 heteroatoms. The lowest BCUT2D eigenvalue weighted by atomic mass is 9.97. The summed E-state index contributed by atoms with van der Waals surface area (Å²) >= 11 is 0. The molecule has 1 aliphatic heterocycles. The summed E-state index contributed by atoms with van der Waals surface area (Å²) in [6.07, 6.45) is 3.63. The minimum absolute atomic E-state index is 0.240. The molecule has 36 heavy (non-hydrogen) atoms. The number of fused-ring (bicyclic) bond motifs is 1. The molecule has 0 atom stereocenters. The fourth-order valence-electron chi connectivity index (χ4n) is 4.06. The highest BCUT2D eigenvalue weighted by Gasteiger charge is 2.34. The van der Waals surface area contributed by atoms with Gasteiger partial charge in [0.2, 0.25) is 11.7 Å². The first-order valence-electron chi connectivity index (χ1n) is 11.8. The van der Waals surface area contributed by atoms with E-state index >= 15 is 0 Å². The van der Waals surface area contributed by atoms with Gasteiger partial charge in [-0.15, -0.1) is 0 Å². The van der Waals surface area contributed by atoms with Crippen molar-refractivity contribution in [3.05, 3.63) is 65.9 Å². The largest absolute Gasteiger partial charge is 0.444 e. The van der Waals surface area contributed by atoms with E-state index in [2.05, 4.69) is 20.4 Å². The summed E-state index contributed by atoms with van der Waals surface area (Å²) in [6, 6.07) is 11.2. The average molecular weight is 489 g/mol. The molecule has 0 radical (unpaired) electrons. The summed E-state index contributed by atoms with van der Waals surface area (Å²) in [7, 11) is 0. The van der Waals surface area contributed by atoms with Gasteiger partial charge in [0, 0.05) is 42.9 Å². The van der Waals surface area contributed by atoms with Gasteiger partial charge in [0.25, 0.3) is 5.91 Å². The molecule has 0 aliphatic carbocycles. The molecule has 3 aromatic heterocycles. The molecule has 1 fully saturated rings. The number of benzene rings is 1. The smallest absolute Gasteiger partial charge is 0.410 e. The topological polar surface area (TPSA) is 115 Å². The zero-order valence-corrected chi connectivity index (χ0v) is 20.7. The highest BCUT2D eigenvalue weighted by atomic mass is 16.6. The van der Waals surface area contributed by atoms with E-state index in [0.29, 0.717) is 48.3 Å². The fraction of sp³-hybridized carbons (Fsp3) is 0.346. The number of amides is 2. The number of likely N-dealkylation sites (tertiary alicyclic amines) is 1. The predicted octanol–water partition coefficient (Wildman–Crippen LogP) is 4.35. The van der Waals surface area contributed by atoms with Crippen LogP contribution in [0.5, 0.6) is 0 Å². The van der Waals surface area contributed by atoms with Gasteiger partial charge in [-0.25, -0.2) is 9.78 Å². The van der Waals surface area contributed by atoms with Crippen LogP contribution in [0.3, 0.4) is 0 Å². The zero-order chi connectivity index (χ0) is 25.4. The number of nitrogens with zero attached hydrogens (tertiary/aromatic N) is 5. The van der Waals surface area contributed by atoms with Crippen molar-refractivity contribution in [1.29, 1.82) is 0 Å². The Labute approximate surface area is 208 Å². The van der Waals surface area contributed by atoms with Crippen LogP contribution in [0.15, 0.2) is 53.3 Å². The lowest BCUT2D eigenvalue weighted by Gasteiger charge is -2.39. The van der Waals surface area contributed by atoms with Crippen LogP contribution in [0.25, 0.3) is 17.0 Å². The Morgan fingerprint density at radius 2 is 2.00 bits per heavy atom. The number of rotatable bonds is 5. The number of aryl methyl sites for hydroxylation is 1. The molecule has 0 unspecified atom stereocenters. The number of carbonyl (C=O) groups is 2. The standard InChI is InChI=1S/C26H28N6O4/c1-16-8-9-18(12-19(16)28-24(33)20-13-27-21-7-5-6-10-32(20)21)23-29-22(36-30-23)11-17-14-31(15-17)25(34)35-26(2,3)4/h5-10,12-13,17H,11,14-15H2,1-4H3,(H,28,33). The van der Waals surface area contributed by atoms with Crippen molar-refractivity contribution < 1.29 is 18.8 Å². The molecule has 10 nitrogen and oxygen atoms in total. The van der Waals surface area contributed by atoms with Crippen molar-refractivity contribution in [3.63, 3.8) is 0 Å². The second-order valence-electron chi connectivity index (χ2n) is 10.0. The maximum atomic E-state index is 12.9. The number of hydrogen-bond donors (Lipinski definition) is 1. The molecule has 186 valence electrons. The monoisotopic (exact) mass is 488 g/mol. The summed E-state index contributed by atoms with van der Waals surface area (Å²) in [6.45, 7) is 8.66. The first-order valence-corrected chi connectivity index (χ1v) is 11.8. The van der Waals surface area contributed by atoms with Gasteiger partial charge >= 0.3 is 6.09 Å². The van der Waals surface area contributed by atoms with E-state index in [4.69, 9.17) is 9.26 Å². The minimum atomic E-state index is -0.511. The molecule has 5 rings (SSSR count). The third-order valence-electron chi connectivity index (χ3n) is 5.93. The molecular weight excluding hydrogens is 460 g/mol. The second-order valence-corrected chi connectivity index (χ2v) is 10.0. The van der Waals surface area contributed by atoms with Crippen LogP contribution in [0, 0.1) is 12.8 Å². The van der Waals surface area contributed by atoms with E-state index in [1.54, 1.807) is 21.7 Å². The summed E-state index contributed by atoms with van der Waals surface area (Å²) in [4.78, 5) is 35.6. The maximum absolute atomic E-state index is 12.9. The number of anilines is 1. The van der Waals surface area contributed by atoms with Gasteiger partial charge in [-0.3, -0.25) is 9.20 Å².